The second kappa shape index (κ2) is 5.88. The van der Waals surface area contributed by atoms with Crippen molar-refractivity contribution in [2.75, 3.05) is 19.6 Å². The predicted molar refractivity (Wildman–Crippen MR) is 80.4 cm³/mol. The zero-order valence-electron chi connectivity index (χ0n) is 11.5. The molecule has 5 heteroatoms. The van der Waals surface area contributed by atoms with Crippen LogP contribution >= 0.6 is 11.6 Å². The summed E-state index contributed by atoms with van der Waals surface area (Å²) in [5.41, 5.74) is 3.88. The van der Waals surface area contributed by atoms with Gasteiger partial charge >= 0.3 is 0 Å². The van der Waals surface area contributed by atoms with E-state index in [1.807, 2.05) is 12.2 Å². The van der Waals surface area contributed by atoms with Crippen LogP contribution < -0.4 is 5.32 Å². The Morgan fingerprint density at radius 3 is 3.30 bits per heavy atom. The summed E-state index contributed by atoms with van der Waals surface area (Å²) >= 11 is 6.05. The number of aliphatic imine (C=N–C) groups is 1. The second-order valence-corrected chi connectivity index (χ2v) is 5.64. The second-order valence-electron chi connectivity index (χ2n) is 5.23. The van der Waals surface area contributed by atoms with Gasteiger partial charge in [-0.15, -0.1) is 5.73 Å². The Morgan fingerprint density at radius 2 is 2.40 bits per heavy atom. The maximum atomic E-state index is 6.05. The third kappa shape index (κ3) is 3.15. The van der Waals surface area contributed by atoms with Gasteiger partial charge in [-0.25, -0.2) is 4.99 Å². The Kier molecular flexibility index (Phi) is 3.97. The number of allylic oxidation sites excluding steroid dienone is 3. The van der Waals surface area contributed by atoms with Crippen molar-refractivity contribution in [3.05, 3.63) is 40.4 Å². The molecule has 0 aromatic heterocycles. The summed E-state index contributed by atoms with van der Waals surface area (Å²) in [6.07, 6.45) is 7.32. The van der Waals surface area contributed by atoms with Crippen molar-refractivity contribution in [2.24, 2.45) is 4.99 Å². The van der Waals surface area contributed by atoms with E-state index in [0.717, 1.165) is 37.5 Å². The quantitative estimate of drug-likeness (QED) is 0.697. The summed E-state index contributed by atoms with van der Waals surface area (Å²) in [6, 6.07) is 1.22. The van der Waals surface area contributed by atoms with Crippen molar-refractivity contribution < 1.29 is 4.74 Å². The van der Waals surface area contributed by atoms with E-state index in [0.29, 0.717) is 23.5 Å². The first-order valence-electron chi connectivity index (χ1n) is 6.97. The molecule has 2 heterocycles. The summed E-state index contributed by atoms with van der Waals surface area (Å²) in [5.74, 6) is 0.892. The van der Waals surface area contributed by atoms with Crippen LogP contribution in [0.4, 0.5) is 0 Å². The van der Waals surface area contributed by atoms with E-state index in [2.05, 4.69) is 27.9 Å². The van der Waals surface area contributed by atoms with Crippen molar-refractivity contribution in [1.82, 2.24) is 10.2 Å². The minimum absolute atomic E-state index is 0.536. The van der Waals surface area contributed by atoms with Crippen molar-refractivity contribution in [2.45, 2.75) is 25.8 Å². The van der Waals surface area contributed by atoms with Crippen LogP contribution in [0.5, 0.6) is 0 Å². The number of fused-ring (bicyclic) bond motifs is 2. The van der Waals surface area contributed by atoms with Gasteiger partial charge in [0.1, 0.15) is 5.76 Å². The topological polar surface area (TPSA) is 36.9 Å². The molecule has 1 N–H and O–H groups in total. The van der Waals surface area contributed by atoms with Crippen LogP contribution in [0.25, 0.3) is 0 Å². The summed E-state index contributed by atoms with van der Waals surface area (Å²) in [7, 11) is 0. The third-order valence-electron chi connectivity index (χ3n) is 3.58. The van der Waals surface area contributed by atoms with E-state index in [9.17, 15) is 0 Å². The smallest absolute Gasteiger partial charge is 0.297 e. The maximum absolute atomic E-state index is 6.05. The van der Waals surface area contributed by atoms with Gasteiger partial charge in [0.05, 0.1) is 10.7 Å². The molecule has 1 aliphatic carbocycles. The van der Waals surface area contributed by atoms with Crippen LogP contribution in [0.2, 0.25) is 0 Å². The molecule has 1 atom stereocenters. The average Bonchev–Trinajstić information content (AvgIpc) is 2.62. The number of nitrogens with one attached hydrogen (secondary N) is 1. The zero-order chi connectivity index (χ0) is 13.9. The lowest BCUT2D eigenvalue weighted by molar-refractivity contribution is 0.282. The standard InChI is InChI=1S/C15H18ClN3O/c1-11-5-7-19(8-6-17-11)15-18-13-9-12(16)3-2-4-14(10-13)20-15/h2,4,9,11,17H,5-8,10H2,1H3. The third-order valence-corrected chi connectivity index (χ3v) is 3.80. The normalized spacial score (nSPS) is 26.3. The monoisotopic (exact) mass is 291 g/mol. The lowest BCUT2D eigenvalue weighted by Gasteiger charge is -2.27. The lowest BCUT2D eigenvalue weighted by Crippen LogP contribution is -2.37. The Hall–Kier alpha value is -1.48. The van der Waals surface area contributed by atoms with Crippen molar-refractivity contribution in [1.29, 1.82) is 0 Å². The lowest BCUT2D eigenvalue weighted by atomic mass is 10.2. The first kappa shape index (κ1) is 13.5. The van der Waals surface area contributed by atoms with Crippen LogP contribution in [-0.4, -0.2) is 36.6 Å². The predicted octanol–water partition coefficient (Wildman–Crippen LogP) is 2.51. The molecule has 20 heavy (non-hydrogen) atoms. The molecular weight excluding hydrogens is 274 g/mol. The minimum atomic E-state index is 0.536. The largest absolute Gasteiger partial charge is 0.430 e. The number of hydrogen-bond acceptors (Lipinski definition) is 4. The molecule has 3 aliphatic rings. The molecule has 106 valence electrons. The SMILES string of the molecule is CC1CCN(C2=NC3=CC(Cl)=C=CC=C(C3)O2)CCN1. The van der Waals surface area contributed by atoms with Crippen LogP contribution in [0, 0.1) is 0 Å². The molecule has 0 aromatic rings. The summed E-state index contributed by atoms with van der Waals surface area (Å²) in [6.45, 7) is 5.01. The molecule has 2 aliphatic heterocycles. The van der Waals surface area contributed by atoms with Gasteiger partial charge < -0.3 is 15.0 Å². The van der Waals surface area contributed by atoms with Gasteiger partial charge in [0.2, 0.25) is 0 Å². The van der Waals surface area contributed by atoms with Gasteiger partial charge in [0.15, 0.2) is 0 Å². The molecule has 0 spiro atoms. The number of ether oxygens (including phenoxy) is 1. The first-order chi connectivity index (χ1) is 9.70. The Morgan fingerprint density at radius 1 is 1.50 bits per heavy atom. The summed E-state index contributed by atoms with van der Waals surface area (Å²) in [5, 5.41) is 4.05. The van der Waals surface area contributed by atoms with Gasteiger partial charge in [-0.05, 0) is 31.6 Å². The fourth-order valence-electron chi connectivity index (χ4n) is 2.43. The van der Waals surface area contributed by atoms with E-state index in [1.54, 1.807) is 6.08 Å². The Bertz CT molecular complexity index is 555. The van der Waals surface area contributed by atoms with Crippen LogP contribution in [0.1, 0.15) is 19.8 Å². The van der Waals surface area contributed by atoms with E-state index in [-0.39, 0.29) is 0 Å². The number of hydrogen-bond donors (Lipinski definition) is 1. The maximum Gasteiger partial charge on any atom is 0.297 e. The molecule has 1 fully saturated rings. The highest BCUT2D eigenvalue weighted by Gasteiger charge is 2.23. The average molecular weight is 292 g/mol. The first-order valence-corrected chi connectivity index (χ1v) is 7.35. The van der Waals surface area contributed by atoms with E-state index in [4.69, 9.17) is 16.3 Å². The molecule has 0 aromatic carbocycles. The highest BCUT2D eigenvalue weighted by molar-refractivity contribution is 6.31. The fraction of sp³-hybridized carbons (Fsp3) is 0.467. The van der Waals surface area contributed by atoms with E-state index < -0.39 is 0 Å². The fourth-order valence-corrected chi connectivity index (χ4v) is 2.62. The van der Waals surface area contributed by atoms with E-state index in [1.165, 1.54) is 0 Å². The van der Waals surface area contributed by atoms with Gasteiger partial charge in [-0.2, -0.15) is 0 Å². The Labute approximate surface area is 124 Å². The molecule has 0 radical (unpaired) electrons. The number of nitrogens with zero attached hydrogens (tertiary/aromatic N) is 2. The Balaban J connectivity index is 1.85. The van der Waals surface area contributed by atoms with Gasteiger partial charge in [-0.1, -0.05) is 11.6 Å². The van der Waals surface area contributed by atoms with Gasteiger partial charge in [0, 0.05) is 32.1 Å². The molecule has 1 unspecified atom stereocenters. The van der Waals surface area contributed by atoms with Crippen LogP contribution in [0.3, 0.4) is 0 Å². The van der Waals surface area contributed by atoms with Gasteiger partial charge in [0.25, 0.3) is 6.02 Å². The highest BCUT2D eigenvalue weighted by atomic mass is 35.5. The summed E-state index contributed by atoms with van der Waals surface area (Å²) < 4.78 is 5.90. The number of amidine groups is 1. The molecule has 2 bridgehead atoms. The van der Waals surface area contributed by atoms with Gasteiger partial charge in [-0.3, -0.25) is 0 Å². The molecule has 3 rings (SSSR count). The summed E-state index contributed by atoms with van der Waals surface area (Å²) in [4.78, 5) is 6.79. The number of halogens is 1. The van der Waals surface area contributed by atoms with Crippen molar-refractivity contribution in [3.63, 3.8) is 0 Å². The molecule has 1 saturated heterocycles. The number of rotatable bonds is 0. The van der Waals surface area contributed by atoms with E-state index >= 15 is 0 Å². The van der Waals surface area contributed by atoms with Crippen molar-refractivity contribution >= 4 is 17.6 Å². The van der Waals surface area contributed by atoms with Crippen LogP contribution in [-0.2, 0) is 4.74 Å². The van der Waals surface area contributed by atoms with Crippen molar-refractivity contribution in [3.8, 4) is 0 Å². The zero-order valence-corrected chi connectivity index (χ0v) is 12.3. The van der Waals surface area contributed by atoms with Crippen LogP contribution in [0.15, 0.2) is 45.4 Å². The molecule has 4 nitrogen and oxygen atoms in total. The highest BCUT2D eigenvalue weighted by Crippen LogP contribution is 2.25. The molecule has 0 amide bonds. The molecular formula is C15H18ClN3O. The minimum Gasteiger partial charge on any atom is -0.430 e. The molecule has 0 saturated carbocycles.